The van der Waals surface area contributed by atoms with Crippen molar-refractivity contribution >= 4 is 46.6 Å². The summed E-state index contributed by atoms with van der Waals surface area (Å²) in [7, 11) is 0. The van der Waals surface area contributed by atoms with Crippen molar-refractivity contribution in [1.29, 1.82) is 0 Å². The maximum Gasteiger partial charge on any atom is 0.160 e. The fraction of sp³-hybridized carbons (Fsp3) is 0.506. The van der Waals surface area contributed by atoms with Crippen LogP contribution in [0.1, 0.15) is 287 Å². The fourth-order valence-corrected chi connectivity index (χ4v) is 18.3. The van der Waals surface area contributed by atoms with Gasteiger partial charge in [0.1, 0.15) is 0 Å². The molecule has 3 aromatic heterocycles. The molecule has 0 aliphatic heterocycles. The maximum absolute atomic E-state index is 12.4. The van der Waals surface area contributed by atoms with Crippen LogP contribution in [0.25, 0.3) is 64.7 Å². The summed E-state index contributed by atoms with van der Waals surface area (Å²) in [6.07, 6.45) is 38.7. The van der Waals surface area contributed by atoms with Gasteiger partial charge in [0.2, 0.25) is 0 Å². The average molecular weight is 1150 g/mol. The summed E-state index contributed by atoms with van der Waals surface area (Å²) in [5.41, 5.74) is 22.5. The molecule has 0 spiro atoms. The van der Waals surface area contributed by atoms with Crippen LogP contribution in [0.4, 0.5) is 0 Å². The lowest BCUT2D eigenvalue weighted by molar-refractivity contribution is 0.111. The third kappa shape index (κ3) is 11.6. The smallest absolute Gasteiger partial charge is 0.160 e. The number of unbranched alkanes of at least 4 members (excludes halogenated alkanes) is 18. The molecule has 5 heteroatoms. The van der Waals surface area contributed by atoms with Crippen LogP contribution in [-0.4, -0.2) is 12.6 Å². The molecule has 7 aromatic rings. The quantitative estimate of drug-likeness (QED) is 0.0293. The largest absolute Gasteiger partial charge is 0.297 e. The van der Waals surface area contributed by atoms with Gasteiger partial charge in [-0.1, -0.05) is 238 Å². The molecule has 0 bridgehead atoms. The Balaban J connectivity index is 1.41. The van der Waals surface area contributed by atoms with Gasteiger partial charge in [0, 0.05) is 30.9 Å². The molecule has 4 aromatic carbocycles. The number of benzene rings is 4. The Morgan fingerprint density at radius 2 is 0.646 bits per heavy atom. The van der Waals surface area contributed by atoms with Crippen LogP contribution >= 0.6 is 34.0 Å². The Bertz CT molecular complexity index is 3160. The third-order valence-electron chi connectivity index (χ3n) is 20.0. The number of hydrogen-bond acceptors (Lipinski definition) is 5. The predicted octanol–water partition coefficient (Wildman–Crippen LogP) is 25.1. The summed E-state index contributed by atoms with van der Waals surface area (Å²) < 4.78 is 0. The highest BCUT2D eigenvalue weighted by Crippen LogP contribution is 2.72. The molecule has 3 aliphatic carbocycles. The highest BCUT2D eigenvalue weighted by molar-refractivity contribution is 7.17. The van der Waals surface area contributed by atoms with E-state index < -0.39 is 0 Å². The number of hydrogen-bond donors (Lipinski definition) is 0. The van der Waals surface area contributed by atoms with E-state index in [2.05, 4.69) is 126 Å². The van der Waals surface area contributed by atoms with Gasteiger partial charge in [-0.3, -0.25) is 9.59 Å². The van der Waals surface area contributed by atoms with Gasteiger partial charge in [-0.05, 0) is 176 Å². The molecule has 0 amide bonds. The van der Waals surface area contributed by atoms with Crippen molar-refractivity contribution in [3.05, 3.63) is 140 Å². The molecule has 0 fully saturated rings. The van der Waals surface area contributed by atoms with Crippen molar-refractivity contribution in [2.75, 3.05) is 0 Å². The van der Waals surface area contributed by atoms with Crippen LogP contribution in [0.5, 0.6) is 0 Å². The second-order valence-corrected chi connectivity index (χ2v) is 28.4. The molecule has 0 N–H and O–H groups in total. The Kier molecular flexibility index (Phi) is 20.6. The highest BCUT2D eigenvalue weighted by atomic mass is 32.1. The fourth-order valence-electron chi connectivity index (χ4n) is 16.0. The molecule has 0 saturated carbocycles. The minimum Gasteiger partial charge on any atom is -0.297 e. The maximum atomic E-state index is 12.4. The van der Waals surface area contributed by atoms with E-state index in [1.807, 2.05) is 23.5 Å². The Morgan fingerprint density at radius 3 is 0.902 bits per heavy atom. The minimum atomic E-state index is -0.206. The molecular formula is C77H96O2S3. The molecule has 3 aliphatic rings. The van der Waals surface area contributed by atoms with Crippen molar-refractivity contribution < 1.29 is 9.59 Å². The van der Waals surface area contributed by atoms with Crippen molar-refractivity contribution in [3.8, 4) is 64.7 Å². The van der Waals surface area contributed by atoms with Gasteiger partial charge in [-0.2, -0.15) is 0 Å². The zero-order chi connectivity index (χ0) is 57.1. The molecule has 0 atom stereocenters. The second-order valence-electron chi connectivity index (χ2n) is 25.3. The van der Waals surface area contributed by atoms with Crippen molar-refractivity contribution in [2.24, 2.45) is 0 Å². The summed E-state index contributed by atoms with van der Waals surface area (Å²) in [4.78, 5) is 30.1. The summed E-state index contributed by atoms with van der Waals surface area (Å²) >= 11 is 5.19. The van der Waals surface area contributed by atoms with Crippen LogP contribution in [0, 0.1) is 0 Å². The van der Waals surface area contributed by atoms with Gasteiger partial charge in [-0.15, -0.1) is 34.0 Å². The van der Waals surface area contributed by atoms with Gasteiger partial charge >= 0.3 is 0 Å². The Morgan fingerprint density at radius 1 is 0.341 bits per heavy atom. The minimum absolute atomic E-state index is 0.167. The number of fused-ring (bicyclic) bond motifs is 12. The normalized spacial score (nSPS) is 14.6. The molecule has 0 unspecified atom stereocenters. The van der Waals surface area contributed by atoms with E-state index in [0.29, 0.717) is 0 Å². The molecule has 82 heavy (non-hydrogen) atoms. The van der Waals surface area contributed by atoms with Crippen molar-refractivity contribution in [2.45, 2.75) is 250 Å². The third-order valence-corrected chi connectivity index (χ3v) is 23.0. The predicted molar refractivity (Wildman–Crippen MR) is 358 cm³/mol. The van der Waals surface area contributed by atoms with E-state index in [-0.39, 0.29) is 16.2 Å². The molecule has 0 saturated heterocycles. The monoisotopic (exact) mass is 1150 g/mol. The lowest BCUT2D eigenvalue weighted by Crippen LogP contribution is -2.31. The molecule has 3 heterocycles. The topological polar surface area (TPSA) is 34.1 Å². The van der Waals surface area contributed by atoms with Crippen LogP contribution < -0.4 is 0 Å². The molecule has 0 radical (unpaired) electrons. The standard InChI is InChI=1S/C77H96O2S3/c1-7-13-19-25-43-75(44-26-20-14-8-2)63-50-55(66-32-31-49-80-66)33-38-60(63)69-72(75)70-61-39-34-56(67-41-36-58(53-78)81-67)51-64(61)77(47-29-23-17-11-5,48-30-24-18-12-6)74(70)71-62-40-35-57(68-42-37-59(54-79)82-68)52-65(62)76(73(69)71,45-27-21-15-9-3)46-28-22-16-10-4/h31-42,49-54H,7-30,43-48H2,1-6H3. The Labute approximate surface area is 507 Å². The van der Waals surface area contributed by atoms with Gasteiger partial charge in [0.05, 0.1) is 9.75 Å². The Hall–Kier alpha value is -4.68. The molecule has 434 valence electrons. The number of aldehydes is 2. The average Bonchev–Trinajstić information content (AvgIpc) is 1.54. The van der Waals surface area contributed by atoms with Crippen molar-refractivity contribution in [3.63, 3.8) is 0 Å². The lowest BCUT2D eigenvalue weighted by Gasteiger charge is -2.40. The van der Waals surface area contributed by atoms with Crippen LogP contribution in [0.3, 0.4) is 0 Å². The number of carbonyl (C=O) groups is 2. The van der Waals surface area contributed by atoms with Gasteiger partial charge in [-0.25, -0.2) is 0 Å². The van der Waals surface area contributed by atoms with E-state index in [9.17, 15) is 9.59 Å². The van der Waals surface area contributed by atoms with Crippen molar-refractivity contribution in [1.82, 2.24) is 0 Å². The van der Waals surface area contributed by atoms with E-state index >= 15 is 0 Å². The molecule has 2 nitrogen and oxygen atoms in total. The molecule has 10 rings (SSSR count). The summed E-state index contributed by atoms with van der Waals surface area (Å²) in [5.74, 6) is 0. The second kappa shape index (κ2) is 28.0. The first-order valence-corrected chi connectivity index (χ1v) is 35.7. The number of thiophene rings is 3. The summed E-state index contributed by atoms with van der Waals surface area (Å²) in [6, 6.07) is 36.5. The number of rotatable bonds is 35. The van der Waals surface area contributed by atoms with E-state index in [4.69, 9.17) is 0 Å². The summed E-state index contributed by atoms with van der Waals surface area (Å²) in [5, 5.41) is 2.27. The zero-order valence-corrected chi connectivity index (χ0v) is 53.6. The van der Waals surface area contributed by atoms with Gasteiger partial charge in [0.15, 0.2) is 12.6 Å². The first kappa shape index (κ1) is 60.4. The first-order valence-electron chi connectivity index (χ1n) is 33.2. The van der Waals surface area contributed by atoms with Gasteiger partial charge in [0.25, 0.3) is 0 Å². The van der Waals surface area contributed by atoms with E-state index in [1.54, 1.807) is 72.7 Å². The van der Waals surface area contributed by atoms with E-state index in [1.165, 1.54) is 215 Å². The van der Waals surface area contributed by atoms with Crippen LogP contribution in [0.2, 0.25) is 0 Å². The summed E-state index contributed by atoms with van der Waals surface area (Å²) in [6.45, 7) is 14.3. The van der Waals surface area contributed by atoms with Crippen LogP contribution in [0.15, 0.2) is 96.4 Å². The van der Waals surface area contributed by atoms with E-state index in [0.717, 1.165) is 48.0 Å². The number of carbonyl (C=O) groups excluding carboxylic acids is 2. The van der Waals surface area contributed by atoms with Gasteiger partial charge < -0.3 is 0 Å². The first-order chi connectivity index (χ1) is 40.3. The lowest BCUT2D eigenvalue weighted by atomic mass is 9.63. The van der Waals surface area contributed by atoms with Crippen LogP contribution in [-0.2, 0) is 16.2 Å². The SMILES string of the molecule is CCCCCCC1(CCCCCC)c2cc(-c3cccs3)ccc2-c2c1c1c(c3c2C(CCCCCC)(CCCCCC)c2cc(-c4ccc(C=O)s4)ccc2-3)C(CCCCCC)(CCCCCC)c2cc(-c3ccc(C=O)s3)ccc2-1. The zero-order valence-electron chi connectivity index (χ0n) is 51.1. The molecular weight excluding hydrogens is 1050 g/mol. The highest BCUT2D eigenvalue weighted by Gasteiger charge is 2.58.